The zero-order valence-corrected chi connectivity index (χ0v) is 15.8. The van der Waals surface area contributed by atoms with Crippen LogP contribution in [0.25, 0.3) is 0 Å². The molecular formula is C20H13Cl2N3O3. The Morgan fingerprint density at radius 2 is 1.46 bits per heavy atom. The summed E-state index contributed by atoms with van der Waals surface area (Å²) in [5.41, 5.74) is 1.79. The van der Waals surface area contributed by atoms with Gasteiger partial charge in [-0.2, -0.15) is 0 Å². The number of carbonyl (C=O) groups is 2. The van der Waals surface area contributed by atoms with Crippen molar-refractivity contribution in [2.75, 3.05) is 16.0 Å². The molecule has 0 saturated carbocycles. The number of ether oxygens (including phenoxy) is 1. The van der Waals surface area contributed by atoms with Gasteiger partial charge < -0.3 is 20.7 Å². The normalized spacial score (nSPS) is 12.0. The number of nitrogens with one attached hydrogen (secondary N) is 3. The zero-order chi connectivity index (χ0) is 19.7. The van der Waals surface area contributed by atoms with Gasteiger partial charge in [-0.25, -0.2) is 4.79 Å². The summed E-state index contributed by atoms with van der Waals surface area (Å²) in [5.74, 6) is 0.498. The van der Waals surface area contributed by atoms with Crippen molar-refractivity contribution in [1.29, 1.82) is 0 Å². The lowest BCUT2D eigenvalue weighted by atomic mass is 10.1. The average Bonchev–Trinajstić information content (AvgIpc) is 2.79. The highest BCUT2D eigenvalue weighted by Crippen LogP contribution is 2.37. The van der Waals surface area contributed by atoms with Crippen molar-refractivity contribution in [3.63, 3.8) is 0 Å². The number of hydrogen-bond acceptors (Lipinski definition) is 3. The molecule has 1 aliphatic rings. The van der Waals surface area contributed by atoms with Gasteiger partial charge in [0, 0.05) is 21.4 Å². The van der Waals surface area contributed by atoms with Crippen LogP contribution in [-0.2, 0) is 0 Å². The van der Waals surface area contributed by atoms with Gasteiger partial charge in [0.1, 0.15) is 5.75 Å². The number of urea groups is 1. The van der Waals surface area contributed by atoms with Crippen LogP contribution < -0.4 is 20.7 Å². The van der Waals surface area contributed by atoms with Gasteiger partial charge in [0.25, 0.3) is 5.91 Å². The molecule has 0 saturated heterocycles. The third kappa shape index (κ3) is 3.88. The van der Waals surface area contributed by atoms with Crippen LogP contribution in [0.3, 0.4) is 0 Å². The Hall–Kier alpha value is -3.22. The van der Waals surface area contributed by atoms with Crippen molar-refractivity contribution in [2.24, 2.45) is 0 Å². The van der Waals surface area contributed by atoms with Crippen LogP contribution >= 0.6 is 23.2 Å². The Labute approximate surface area is 170 Å². The highest BCUT2D eigenvalue weighted by Gasteiger charge is 2.21. The quantitative estimate of drug-likeness (QED) is 0.482. The number of hydrogen-bond donors (Lipinski definition) is 3. The fraction of sp³-hybridized carbons (Fsp3) is 0. The molecule has 0 fully saturated rings. The van der Waals surface area contributed by atoms with E-state index in [-0.39, 0.29) is 11.5 Å². The second-order valence-corrected chi connectivity index (χ2v) is 6.87. The van der Waals surface area contributed by atoms with Crippen LogP contribution in [0.2, 0.25) is 10.0 Å². The summed E-state index contributed by atoms with van der Waals surface area (Å²) in [6.07, 6.45) is 0. The molecule has 3 aromatic rings. The van der Waals surface area contributed by atoms with E-state index >= 15 is 0 Å². The van der Waals surface area contributed by atoms with Crippen LogP contribution in [-0.4, -0.2) is 11.9 Å². The molecule has 28 heavy (non-hydrogen) atoms. The molecule has 0 atom stereocenters. The molecule has 4 rings (SSSR count). The predicted molar refractivity (Wildman–Crippen MR) is 110 cm³/mol. The molecular weight excluding hydrogens is 401 g/mol. The maximum atomic E-state index is 12.6. The van der Waals surface area contributed by atoms with Gasteiger partial charge in [-0.1, -0.05) is 23.2 Å². The second-order valence-electron chi connectivity index (χ2n) is 5.99. The molecule has 8 heteroatoms. The monoisotopic (exact) mass is 413 g/mol. The molecule has 3 N–H and O–H groups in total. The molecule has 0 aliphatic carbocycles. The third-order valence-electron chi connectivity index (χ3n) is 3.99. The van der Waals surface area contributed by atoms with E-state index in [0.717, 1.165) is 0 Å². The average molecular weight is 414 g/mol. The summed E-state index contributed by atoms with van der Waals surface area (Å²) in [6, 6.07) is 16.0. The topological polar surface area (TPSA) is 79.5 Å². The first-order valence-corrected chi connectivity index (χ1v) is 9.00. The highest BCUT2D eigenvalue weighted by molar-refractivity contribution is 6.31. The van der Waals surface area contributed by atoms with E-state index < -0.39 is 6.03 Å². The van der Waals surface area contributed by atoms with Gasteiger partial charge in [0.05, 0.1) is 11.3 Å². The first-order chi connectivity index (χ1) is 13.5. The van der Waals surface area contributed by atoms with Crippen LogP contribution in [0, 0.1) is 0 Å². The molecule has 6 nitrogen and oxygen atoms in total. The first-order valence-electron chi connectivity index (χ1n) is 8.24. The van der Waals surface area contributed by atoms with E-state index in [2.05, 4.69) is 16.0 Å². The maximum Gasteiger partial charge on any atom is 0.323 e. The van der Waals surface area contributed by atoms with Crippen LogP contribution in [0.5, 0.6) is 11.5 Å². The highest BCUT2D eigenvalue weighted by atomic mass is 35.5. The van der Waals surface area contributed by atoms with Crippen molar-refractivity contribution in [1.82, 2.24) is 0 Å². The van der Waals surface area contributed by atoms with Crippen molar-refractivity contribution in [2.45, 2.75) is 0 Å². The number of anilines is 3. The number of rotatable bonds is 2. The predicted octanol–water partition coefficient (Wildman–Crippen LogP) is 6.00. The van der Waals surface area contributed by atoms with E-state index in [1.807, 2.05) is 0 Å². The van der Waals surface area contributed by atoms with E-state index in [1.165, 1.54) is 0 Å². The van der Waals surface area contributed by atoms with Crippen LogP contribution in [0.1, 0.15) is 10.4 Å². The van der Waals surface area contributed by atoms with E-state index in [9.17, 15) is 9.59 Å². The molecule has 1 heterocycles. The number of benzene rings is 3. The smallest absolute Gasteiger partial charge is 0.323 e. The van der Waals surface area contributed by atoms with E-state index in [4.69, 9.17) is 27.9 Å². The van der Waals surface area contributed by atoms with Gasteiger partial charge in [0.2, 0.25) is 0 Å². The molecule has 3 amide bonds. The van der Waals surface area contributed by atoms with Gasteiger partial charge in [-0.3, -0.25) is 4.79 Å². The van der Waals surface area contributed by atoms with Gasteiger partial charge in [0.15, 0.2) is 5.75 Å². The van der Waals surface area contributed by atoms with Crippen molar-refractivity contribution in [3.05, 3.63) is 76.3 Å². The number of halogens is 2. The Kier molecular flexibility index (Phi) is 4.81. The van der Waals surface area contributed by atoms with Gasteiger partial charge in [-0.05, 0) is 60.7 Å². The minimum absolute atomic E-state index is 0.289. The summed E-state index contributed by atoms with van der Waals surface area (Å²) < 4.78 is 5.81. The molecule has 0 aromatic heterocycles. The maximum absolute atomic E-state index is 12.6. The lowest BCUT2D eigenvalue weighted by Crippen LogP contribution is -2.20. The minimum Gasteiger partial charge on any atom is -0.454 e. The van der Waals surface area contributed by atoms with Gasteiger partial charge >= 0.3 is 6.03 Å². The lowest BCUT2D eigenvalue weighted by Gasteiger charge is -2.11. The molecule has 1 aliphatic heterocycles. The fourth-order valence-corrected chi connectivity index (χ4v) is 3.00. The number of fused-ring (bicyclic) bond motifs is 2. The van der Waals surface area contributed by atoms with Crippen molar-refractivity contribution >= 4 is 52.2 Å². The first kappa shape index (κ1) is 18.2. The Morgan fingerprint density at radius 3 is 2.25 bits per heavy atom. The van der Waals surface area contributed by atoms with Crippen LogP contribution in [0.15, 0.2) is 60.7 Å². The minimum atomic E-state index is -0.452. The third-order valence-corrected chi connectivity index (χ3v) is 4.48. The summed E-state index contributed by atoms with van der Waals surface area (Å²) in [6.45, 7) is 0. The second kappa shape index (κ2) is 7.42. The van der Waals surface area contributed by atoms with E-state index in [1.54, 1.807) is 60.7 Å². The molecule has 0 unspecified atom stereocenters. The summed E-state index contributed by atoms with van der Waals surface area (Å²) in [5, 5.41) is 9.18. The molecule has 0 radical (unpaired) electrons. The number of carbonyl (C=O) groups excluding carboxylic acids is 2. The summed E-state index contributed by atoms with van der Waals surface area (Å²) in [4.78, 5) is 24.8. The van der Waals surface area contributed by atoms with Crippen LogP contribution in [0.4, 0.5) is 21.9 Å². The van der Waals surface area contributed by atoms with E-state index in [0.29, 0.717) is 38.6 Å². The summed E-state index contributed by atoms with van der Waals surface area (Å²) >= 11 is 11.8. The van der Waals surface area contributed by atoms with Gasteiger partial charge in [-0.15, -0.1) is 0 Å². The van der Waals surface area contributed by atoms with Crippen molar-refractivity contribution < 1.29 is 14.3 Å². The molecule has 140 valence electrons. The fourth-order valence-electron chi connectivity index (χ4n) is 2.70. The molecule has 0 spiro atoms. The molecule has 3 aromatic carbocycles. The Morgan fingerprint density at radius 1 is 0.821 bits per heavy atom. The Balaban J connectivity index is 1.53. The summed E-state index contributed by atoms with van der Waals surface area (Å²) in [7, 11) is 0. The lowest BCUT2D eigenvalue weighted by molar-refractivity contribution is 0.102. The standard InChI is InChI=1S/C20H13Cl2N3O3/c21-11-1-4-13(5-2-11)23-20(27)24-14-6-8-17-15(10-14)19(26)25-16-9-12(22)3-7-18(16)28-17/h1-10H,(H,25,26)(H2,23,24,27). The SMILES string of the molecule is O=C(Nc1ccc(Cl)cc1)Nc1ccc2c(c1)C(=O)Nc1cc(Cl)ccc1O2. The van der Waals surface area contributed by atoms with Crippen molar-refractivity contribution in [3.8, 4) is 11.5 Å². The largest absolute Gasteiger partial charge is 0.454 e. The Bertz CT molecular complexity index is 1080. The number of amides is 3. The molecule has 0 bridgehead atoms. The zero-order valence-electron chi connectivity index (χ0n) is 14.3.